The predicted molar refractivity (Wildman–Crippen MR) is 74.5 cm³/mol. The fourth-order valence-electron chi connectivity index (χ4n) is 2.37. The van der Waals surface area contributed by atoms with Gasteiger partial charge in [0, 0.05) is 13.1 Å². The Morgan fingerprint density at radius 3 is 2.94 bits per heavy atom. The summed E-state index contributed by atoms with van der Waals surface area (Å²) in [6.45, 7) is 10.5. The SMILES string of the molecule is CCOc1c(N)nsc1N1CC(C)OC(C)(C)C1. The number of nitrogens with two attached hydrogens (primary N) is 1. The Bertz CT molecular complexity index is 419. The molecule has 0 bridgehead atoms. The largest absolute Gasteiger partial charge is 0.487 e. The third-order valence-electron chi connectivity index (χ3n) is 2.80. The second kappa shape index (κ2) is 4.93. The van der Waals surface area contributed by atoms with Gasteiger partial charge in [-0.1, -0.05) is 0 Å². The number of anilines is 2. The first kappa shape index (κ1) is 13.4. The number of nitrogen functional groups attached to an aromatic ring is 1. The van der Waals surface area contributed by atoms with Crippen molar-refractivity contribution in [3.63, 3.8) is 0 Å². The predicted octanol–water partition coefficient (Wildman–Crippen LogP) is 2.13. The summed E-state index contributed by atoms with van der Waals surface area (Å²) in [4.78, 5) is 2.26. The van der Waals surface area contributed by atoms with Crippen molar-refractivity contribution in [3.8, 4) is 5.75 Å². The molecule has 1 aromatic rings. The minimum absolute atomic E-state index is 0.167. The molecule has 1 aliphatic rings. The van der Waals surface area contributed by atoms with Crippen LogP contribution in [0.1, 0.15) is 27.7 Å². The maximum Gasteiger partial charge on any atom is 0.197 e. The fraction of sp³-hybridized carbons (Fsp3) is 0.750. The van der Waals surface area contributed by atoms with E-state index in [0.717, 1.165) is 18.1 Å². The van der Waals surface area contributed by atoms with Crippen molar-refractivity contribution in [1.82, 2.24) is 4.37 Å². The van der Waals surface area contributed by atoms with E-state index in [1.165, 1.54) is 11.5 Å². The Hall–Kier alpha value is -1.01. The molecule has 1 aromatic heterocycles. The van der Waals surface area contributed by atoms with Crippen LogP contribution in [0, 0.1) is 0 Å². The minimum Gasteiger partial charge on any atom is -0.487 e. The third kappa shape index (κ3) is 2.70. The van der Waals surface area contributed by atoms with Crippen LogP contribution < -0.4 is 15.4 Å². The minimum atomic E-state index is -0.167. The van der Waals surface area contributed by atoms with Crippen LogP contribution in [0.3, 0.4) is 0 Å². The Balaban J connectivity index is 2.25. The zero-order valence-electron chi connectivity index (χ0n) is 11.4. The number of morpholine rings is 1. The molecule has 1 aliphatic heterocycles. The molecular formula is C12H21N3O2S. The van der Waals surface area contributed by atoms with Crippen molar-refractivity contribution >= 4 is 22.4 Å². The molecule has 2 rings (SSSR count). The van der Waals surface area contributed by atoms with Crippen LogP contribution in [0.15, 0.2) is 0 Å². The number of ether oxygens (including phenoxy) is 2. The van der Waals surface area contributed by atoms with Gasteiger partial charge < -0.3 is 20.1 Å². The summed E-state index contributed by atoms with van der Waals surface area (Å²) >= 11 is 1.40. The number of aromatic nitrogens is 1. The molecule has 18 heavy (non-hydrogen) atoms. The van der Waals surface area contributed by atoms with Crippen molar-refractivity contribution in [1.29, 1.82) is 0 Å². The van der Waals surface area contributed by atoms with E-state index in [1.807, 2.05) is 6.92 Å². The van der Waals surface area contributed by atoms with Gasteiger partial charge in [-0.25, -0.2) is 0 Å². The lowest BCUT2D eigenvalue weighted by Gasteiger charge is -2.42. The van der Waals surface area contributed by atoms with Crippen molar-refractivity contribution in [3.05, 3.63) is 0 Å². The molecule has 5 nitrogen and oxygen atoms in total. The Labute approximate surface area is 112 Å². The van der Waals surface area contributed by atoms with Crippen LogP contribution in [-0.2, 0) is 4.74 Å². The highest BCUT2D eigenvalue weighted by atomic mass is 32.1. The van der Waals surface area contributed by atoms with Gasteiger partial charge in [0.1, 0.15) is 0 Å². The van der Waals surface area contributed by atoms with Crippen LogP contribution in [0.4, 0.5) is 10.8 Å². The van der Waals surface area contributed by atoms with E-state index in [4.69, 9.17) is 15.2 Å². The summed E-state index contributed by atoms with van der Waals surface area (Å²) in [5, 5.41) is 1.01. The van der Waals surface area contributed by atoms with Gasteiger partial charge in [-0.05, 0) is 39.2 Å². The van der Waals surface area contributed by atoms with E-state index in [2.05, 4.69) is 30.0 Å². The van der Waals surface area contributed by atoms with Gasteiger partial charge in [-0.3, -0.25) is 0 Å². The number of hydrogen-bond acceptors (Lipinski definition) is 6. The van der Waals surface area contributed by atoms with E-state index in [9.17, 15) is 0 Å². The lowest BCUT2D eigenvalue weighted by molar-refractivity contribution is -0.0748. The quantitative estimate of drug-likeness (QED) is 0.912. The number of nitrogens with zero attached hydrogens (tertiary/aromatic N) is 2. The molecular weight excluding hydrogens is 250 g/mol. The molecule has 2 N–H and O–H groups in total. The normalized spacial score (nSPS) is 23.1. The van der Waals surface area contributed by atoms with Crippen molar-refractivity contribution < 1.29 is 9.47 Å². The molecule has 0 saturated carbocycles. The van der Waals surface area contributed by atoms with Crippen LogP contribution in [0.25, 0.3) is 0 Å². The lowest BCUT2D eigenvalue weighted by atomic mass is 10.1. The summed E-state index contributed by atoms with van der Waals surface area (Å²) in [5.41, 5.74) is 5.69. The third-order valence-corrected chi connectivity index (χ3v) is 3.71. The van der Waals surface area contributed by atoms with E-state index in [-0.39, 0.29) is 11.7 Å². The maximum absolute atomic E-state index is 5.90. The average Bonchev–Trinajstić information content (AvgIpc) is 2.58. The van der Waals surface area contributed by atoms with Gasteiger partial charge in [-0.2, -0.15) is 4.37 Å². The van der Waals surface area contributed by atoms with E-state index in [0.29, 0.717) is 18.2 Å². The van der Waals surface area contributed by atoms with Gasteiger partial charge in [0.25, 0.3) is 0 Å². The molecule has 1 saturated heterocycles. The van der Waals surface area contributed by atoms with Gasteiger partial charge in [0.15, 0.2) is 16.6 Å². The standard InChI is InChI=1S/C12H21N3O2S/c1-5-16-9-10(13)14-18-11(9)15-6-8(2)17-12(3,4)7-15/h8H,5-7H2,1-4H3,(H2,13,14). The van der Waals surface area contributed by atoms with Gasteiger partial charge in [-0.15, -0.1) is 0 Å². The monoisotopic (exact) mass is 271 g/mol. The smallest absolute Gasteiger partial charge is 0.197 e. The van der Waals surface area contributed by atoms with Crippen molar-refractivity contribution in [2.24, 2.45) is 0 Å². The van der Waals surface area contributed by atoms with Crippen LogP contribution in [-0.4, -0.2) is 35.8 Å². The van der Waals surface area contributed by atoms with E-state index < -0.39 is 0 Å². The first-order valence-corrected chi connectivity index (χ1v) is 7.01. The topological polar surface area (TPSA) is 60.6 Å². The maximum atomic E-state index is 5.90. The summed E-state index contributed by atoms with van der Waals surface area (Å²) < 4.78 is 15.7. The molecule has 1 unspecified atom stereocenters. The zero-order valence-corrected chi connectivity index (χ0v) is 12.2. The van der Waals surface area contributed by atoms with Crippen LogP contribution >= 0.6 is 11.5 Å². The first-order valence-electron chi connectivity index (χ1n) is 6.23. The van der Waals surface area contributed by atoms with Crippen LogP contribution in [0.5, 0.6) is 5.75 Å². The highest BCUT2D eigenvalue weighted by Gasteiger charge is 2.34. The molecule has 0 radical (unpaired) electrons. The summed E-state index contributed by atoms with van der Waals surface area (Å²) in [5.74, 6) is 1.20. The fourth-order valence-corrected chi connectivity index (χ4v) is 3.14. The molecule has 6 heteroatoms. The Kier molecular flexibility index (Phi) is 3.68. The zero-order chi connectivity index (χ0) is 13.3. The molecule has 0 aliphatic carbocycles. The van der Waals surface area contributed by atoms with E-state index >= 15 is 0 Å². The van der Waals surface area contributed by atoms with Crippen molar-refractivity contribution in [2.45, 2.75) is 39.4 Å². The summed E-state index contributed by atoms with van der Waals surface area (Å²) in [6, 6.07) is 0. The van der Waals surface area contributed by atoms with Crippen LogP contribution in [0.2, 0.25) is 0 Å². The van der Waals surface area contributed by atoms with Gasteiger partial charge in [0.05, 0.1) is 18.3 Å². The highest BCUT2D eigenvalue weighted by molar-refractivity contribution is 7.11. The molecule has 1 fully saturated rings. The van der Waals surface area contributed by atoms with E-state index in [1.54, 1.807) is 0 Å². The summed E-state index contributed by atoms with van der Waals surface area (Å²) in [6.07, 6.45) is 0.187. The molecule has 0 aromatic carbocycles. The molecule has 0 amide bonds. The molecule has 1 atom stereocenters. The van der Waals surface area contributed by atoms with Crippen molar-refractivity contribution in [2.75, 3.05) is 30.3 Å². The summed E-state index contributed by atoms with van der Waals surface area (Å²) in [7, 11) is 0. The molecule has 2 heterocycles. The first-order chi connectivity index (χ1) is 8.43. The number of rotatable bonds is 3. The Morgan fingerprint density at radius 1 is 1.61 bits per heavy atom. The Morgan fingerprint density at radius 2 is 2.33 bits per heavy atom. The second-order valence-electron chi connectivity index (χ2n) is 5.20. The second-order valence-corrected chi connectivity index (χ2v) is 5.96. The highest BCUT2D eigenvalue weighted by Crippen LogP contribution is 2.40. The molecule has 0 spiro atoms. The molecule has 102 valence electrons. The average molecular weight is 271 g/mol. The number of hydrogen-bond donors (Lipinski definition) is 1. The lowest BCUT2D eigenvalue weighted by Crippen LogP contribution is -2.51. The van der Waals surface area contributed by atoms with Gasteiger partial charge >= 0.3 is 0 Å². The van der Waals surface area contributed by atoms with Gasteiger partial charge in [0.2, 0.25) is 0 Å².